The fourth-order valence-corrected chi connectivity index (χ4v) is 3.54. The molecule has 132 valence electrons. The molecule has 0 fully saturated rings. The maximum atomic E-state index is 12.9. The first-order valence-corrected chi connectivity index (χ1v) is 8.61. The third kappa shape index (κ3) is 2.42. The molecule has 1 aliphatic carbocycles. The number of fused-ring (bicyclic) bond motifs is 2. The minimum atomic E-state index is -0.184. The first kappa shape index (κ1) is 16.5. The fraction of sp³-hybridized carbons (Fsp3) is 0.250. The van der Waals surface area contributed by atoms with Gasteiger partial charge in [0.15, 0.2) is 5.78 Å². The van der Waals surface area contributed by atoms with Crippen molar-refractivity contribution in [3.8, 4) is 11.3 Å². The van der Waals surface area contributed by atoms with Gasteiger partial charge in [-0.05, 0) is 39.2 Å². The van der Waals surface area contributed by atoms with Gasteiger partial charge in [-0.15, -0.1) is 0 Å². The Hall–Kier alpha value is -2.99. The molecule has 3 aromatic rings. The molecule has 0 amide bonds. The Bertz CT molecular complexity index is 1100. The number of anilines is 1. The van der Waals surface area contributed by atoms with E-state index in [0.717, 1.165) is 18.5 Å². The number of nitrogen functional groups attached to an aromatic ring is 1. The van der Waals surface area contributed by atoms with Crippen LogP contribution in [0.25, 0.3) is 22.0 Å². The molecule has 1 aromatic heterocycles. The van der Waals surface area contributed by atoms with E-state index in [0.29, 0.717) is 39.8 Å². The molecule has 2 N–H and O–H groups in total. The lowest BCUT2D eigenvalue weighted by Gasteiger charge is -2.21. The van der Waals surface area contributed by atoms with Gasteiger partial charge in [0.1, 0.15) is 5.69 Å². The first-order valence-electron chi connectivity index (χ1n) is 8.61. The number of hydrogen-bond acceptors (Lipinski definition) is 5. The van der Waals surface area contributed by atoms with Crippen molar-refractivity contribution in [1.82, 2.24) is 14.7 Å². The number of nitrogens with two attached hydrogens (primary N) is 1. The average molecular weight is 348 g/mol. The van der Waals surface area contributed by atoms with Crippen LogP contribution in [0.1, 0.15) is 22.3 Å². The summed E-state index contributed by atoms with van der Waals surface area (Å²) >= 11 is 0. The largest absolute Gasteiger partial charge is 0.398 e. The molecular formula is C20H20N4O2. The molecule has 0 saturated heterocycles. The number of hydrogen-bond donors (Lipinski definition) is 1. The fourth-order valence-electron chi connectivity index (χ4n) is 3.54. The van der Waals surface area contributed by atoms with Gasteiger partial charge in [-0.3, -0.25) is 9.59 Å². The van der Waals surface area contributed by atoms with E-state index in [-0.39, 0.29) is 11.3 Å². The van der Waals surface area contributed by atoms with Gasteiger partial charge in [-0.25, -0.2) is 4.68 Å². The Morgan fingerprint density at radius 3 is 2.54 bits per heavy atom. The van der Waals surface area contributed by atoms with Crippen molar-refractivity contribution in [2.45, 2.75) is 13.0 Å². The zero-order valence-corrected chi connectivity index (χ0v) is 14.8. The molecule has 6 nitrogen and oxygen atoms in total. The second kappa shape index (κ2) is 6.07. The Balaban J connectivity index is 2.00. The molecular weight excluding hydrogens is 328 g/mol. The van der Waals surface area contributed by atoms with E-state index in [1.54, 1.807) is 18.2 Å². The summed E-state index contributed by atoms with van der Waals surface area (Å²) in [6.45, 7) is 1.39. The number of rotatable bonds is 4. The van der Waals surface area contributed by atoms with Gasteiger partial charge in [0.2, 0.25) is 0 Å². The molecule has 0 unspecified atom stereocenters. The van der Waals surface area contributed by atoms with Crippen LogP contribution in [0.2, 0.25) is 0 Å². The molecule has 0 aliphatic heterocycles. The molecule has 1 aliphatic rings. The Kier molecular flexibility index (Phi) is 3.85. The van der Waals surface area contributed by atoms with Gasteiger partial charge in [-0.1, -0.05) is 24.3 Å². The van der Waals surface area contributed by atoms with E-state index in [1.807, 2.05) is 32.3 Å². The second-order valence-corrected chi connectivity index (χ2v) is 6.86. The van der Waals surface area contributed by atoms with Crippen LogP contribution in [0, 0.1) is 0 Å². The van der Waals surface area contributed by atoms with Crippen LogP contribution in [0.3, 0.4) is 0 Å². The molecule has 26 heavy (non-hydrogen) atoms. The number of aromatic nitrogens is 2. The SMILES string of the molecule is CN(C)CCCn1nc2c3c(c(N)ccc3c1=O)C(=O)c1ccccc1-2. The standard InChI is InChI=1S/C20H20N4O2/c1-23(2)10-5-11-24-20(26)14-8-9-15(21)17-16(14)18(22-24)12-6-3-4-7-13(12)19(17)25/h3-4,6-9H,5,10-11,21H2,1-2H3. The number of ketones is 1. The maximum Gasteiger partial charge on any atom is 0.274 e. The number of nitrogens with zero attached hydrogens (tertiary/aromatic N) is 3. The zero-order valence-electron chi connectivity index (χ0n) is 14.8. The minimum absolute atomic E-state index is 0.150. The topological polar surface area (TPSA) is 81.2 Å². The molecule has 0 atom stereocenters. The number of aryl methyl sites for hydroxylation is 1. The summed E-state index contributed by atoms with van der Waals surface area (Å²) in [4.78, 5) is 27.9. The van der Waals surface area contributed by atoms with E-state index >= 15 is 0 Å². The number of carbonyl (C=O) groups excluding carboxylic acids is 1. The van der Waals surface area contributed by atoms with Crippen LogP contribution in [0.5, 0.6) is 0 Å². The van der Waals surface area contributed by atoms with E-state index in [4.69, 9.17) is 5.73 Å². The Labute approximate surface area is 150 Å². The molecule has 1 heterocycles. The van der Waals surface area contributed by atoms with E-state index < -0.39 is 0 Å². The molecule has 0 bridgehead atoms. The van der Waals surface area contributed by atoms with E-state index in [9.17, 15) is 9.59 Å². The minimum Gasteiger partial charge on any atom is -0.398 e. The van der Waals surface area contributed by atoms with E-state index in [1.165, 1.54) is 4.68 Å². The summed E-state index contributed by atoms with van der Waals surface area (Å²) in [5.74, 6) is -0.150. The van der Waals surface area contributed by atoms with Crippen molar-refractivity contribution in [2.24, 2.45) is 0 Å². The lowest BCUT2D eigenvalue weighted by atomic mass is 9.85. The van der Waals surface area contributed by atoms with Crippen LogP contribution in [0.4, 0.5) is 5.69 Å². The van der Waals surface area contributed by atoms with Crippen molar-refractivity contribution in [1.29, 1.82) is 0 Å². The monoisotopic (exact) mass is 348 g/mol. The van der Waals surface area contributed by atoms with Gasteiger partial charge >= 0.3 is 0 Å². The highest BCUT2D eigenvalue weighted by molar-refractivity contribution is 6.27. The van der Waals surface area contributed by atoms with Crippen LogP contribution >= 0.6 is 0 Å². The lowest BCUT2D eigenvalue weighted by Crippen LogP contribution is -2.28. The normalized spacial score (nSPS) is 12.7. The lowest BCUT2D eigenvalue weighted by molar-refractivity contribution is 0.104. The highest BCUT2D eigenvalue weighted by Crippen LogP contribution is 2.39. The second-order valence-electron chi connectivity index (χ2n) is 6.86. The Morgan fingerprint density at radius 2 is 1.81 bits per heavy atom. The molecule has 0 radical (unpaired) electrons. The smallest absolute Gasteiger partial charge is 0.274 e. The summed E-state index contributed by atoms with van der Waals surface area (Å²) < 4.78 is 1.51. The van der Waals surface area contributed by atoms with Gasteiger partial charge in [-0.2, -0.15) is 5.10 Å². The summed E-state index contributed by atoms with van der Waals surface area (Å²) in [6.07, 6.45) is 0.813. The predicted molar refractivity (Wildman–Crippen MR) is 102 cm³/mol. The molecule has 6 heteroatoms. The quantitative estimate of drug-likeness (QED) is 0.572. The van der Waals surface area contributed by atoms with Crippen molar-refractivity contribution < 1.29 is 4.79 Å². The highest BCUT2D eigenvalue weighted by atomic mass is 16.1. The highest BCUT2D eigenvalue weighted by Gasteiger charge is 2.29. The summed E-state index contributed by atoms with van der Waals surface area (Å²) in [7, 11) is 3.99. The van der Waals surface area contributed by atoms with E-state index in [2.05, 4.69) is 10.00 Å². The van der Waals surface area contributed by atoms with Gasteiger partial charge in [0.25, 0.3) is 5.56 Å². The van der Waals surface area contributed by atoms with Gasteiger partial charge in [0.05, 0.1) is 10.9 Å². The van der Waals surface area contributed by atoms with Crippen LogP contribution < -0.4 is 11.3 Å². The van der Waals surface area contributed by atoms with Crippen LogP contribution in [0.15, 0.2) is 41.2 Å². The van der Waals surface area contributed by atoms with Crippen molar-refractivity contribution in [3.05, 3.63) is 57.9 Å². The van der Waals surface area contributed by atoms with Gasteiger partial charge in [0, 0.05) is 28.7 Å². The predicted octanol–water partition coefficient (Wildman–Crippen LogP) is 2.14. The summed E-state index contributed by atoms with van der Waals surface area (Å²) in [6, 6.07) is 10.7. The molecule has 0 spiro atoms. The Morgan fingerprint density at radius 1 is 1.08 bits per heavy atom. The first-order chi connectivity index (χ1) is 12.5. The summed E-state index contributed by atoms with van der Waals surface area (Å²) in [5, 5.41) is 5.69. The van der Waals surface area contributed by atoms with Crippen LogP contribution in [-0.4, -0.2) is 41.1 Å². The van der Waals surface area contributed by atoms with Crippen molar-refractivity contribution in [2.75, 3.05) is 26.4 Å². The summed E-state index contributed by atoms with van der Waals surface area (Å²) in [5.41, 5.74) is 8.65. The molecule has 2 aromatic carbocycles. The number of carbonyl (C=O) groups is 1. The van der Waals surface area contributed by atoms with Gasteiger partial charge < -0.3 is 10.6 Å². The third-order valence-electron chi connectivity index (χ3n) is 4.79. The molecule has 0 saturated carbocycles. The third-order valence-corrected chi connectivity index (χ3v) is 4.79. The molecule has 4 rings (SSSR count). The number of benzene rings is 2. The van der Waals surface area contributed by atoms with Crippen molar-refractivity contribution >= 4 is 22.2 Å². The van der Waals surface area contributed by atoms with Crippen molar-refractivity contribution in [3.63, 3.8) is 0 Å². The average Bonchev–Trinajstić information content (AvgIpc) is 2.62. The maximum absolute atomic E-state index is 12.9. The zero-order chi connectivity index (χ0) is 18.4. The van der Waals surface area contributed by atoms with Crippen LogP contribution in [-0.2, 0) is 6.54 Å².